The van der Waals surface area contributed by atoms with Gasteiger partial charge in [-0.25, -0.2) is 4.68 Å². The second-order valence-corrected chi connectivity index (χ2v) is 4.89. The molecule has 0 bridgehead atoms. The molecule has 1 heterocycles. The molecule has 0 saturated carbocycles. The van der Waals surface area contributed by atoms with Crippen molar-refractivity contribution < 1.29 is 4.79 Å². The van der Waals surface area contributed by atoms with Crippen LogP contribution in [0.4, 0.5) is 0 Å². The van der Waals surface area contributed by atoms with Gasteiger partial charge >= 0.3 is 0 Å². The van der Waals surface area contributed by atoms with Gasteiger partial charge in [-0.1, -0.05) is 5.21 Å². The third-order valence-corrected chi connectivity index (χ3v) is 3.21. The Balaban J connectivity index is 3.16. The van der Waals surface area contributed by atoms with Gasteiger partial charge < -0.3 is 0 Å². The number of nitrogens with zero attached hydrogens (tertiary/aromatic N) is 4. The first kappa shape index (κ1) is 12.3. The number of aromatic nitrogens is 3. The summed E-state index contributed by atoms with van der Waals surface area (Å²) in [5.41, 5.74) is -0.0773. The van der Waals surface area contributed by atoms with Gasteiger partial charge in [0.2, 0.25) is 5.78 Å². The summed E-state index contributed by atoms with van der Waals surface area (Å²) in [6, 6.07) is 0. The SMILES string of the molecule is CN(C)C(C)(C)C(=O)c1c(Br)nnn1C. The minimum atomic E-state index is -0.571. The van der Waals surface area contributed by atoms with Crippen molar-refractivity contribution in [2.75, 3.05) is 14.1 Å². The second kappa shape index (κ2) is 4.02. The van der Waals surface area contributed by atoms with E-state index in [-0.39, 0.29) is 5.78 Å². The summed E-state index contributed by atoms with van der Waals surface area (Å²) in [7, 11) is 5.45. The molecule has 0 aliphatic rings. The van der Waals surface area contributed by atoms with Crippen LogP contribution in [-0.2, 0) is 7.05 Å². The Morgan fingerprint density at radius 2 is 2.00 bits per heavy atom. The molecule has 0 aromatic carbocycles. The zero-order valence-electron chi connectivity index (χ0n) is 9.58. The predicted molar refractivity (Wildman–Crippen MR) is 60.8 cm³/mol. The van der Waals surface area contributed by atoms with Crippen LogP contribution in [0.25, 0.3) is 0 Å². The highest BCUT2D eigenvalue weighted by Gasteiger charge is 2.34. The highest BCUT2D eigenvalue weighted by Crippen LogP contribution is 2.21. The van der Waals surface area contributed by atoms with Gasteiger partial charge in [0, 0.05) is 7.05 Å². The Labute approximate surface area is 97.6 Å². The van der Waals surface area contributed by atoms with Crippen molar-refractivity contribution in [3.05, 3.63) is 10.3 Å². The number of ketones is 1. The smallest absolute Gasteiger partial charge is 0.203 e. The average molecular weight is 275 g/mol. The number of hydrogen-bond donors (Lipinski definition) is 0. The van der Waals surface area contributed by atoms with Crippen LogP contribution in [0.3, 0.4) is 0 Å². The molecule has 0 fully saturated rings. The minimum absolute atomic E-state index is 0.00752. The third kappa shape index (κ3) is 2.10. The summed E-state index contributed by atoms with van der Waals surface area (Å²) in [6.07, 6.45) is 0. The lowest BCUT2D eigenvalue weighted by molar-refractivity contribution is 0.0744. The minimum Gasteiger partial charge on any atom is -0.297 e. The summed E-state index contributed by atoms with van der Waals surface area (Å²) < 4.78 is 1.97. The summed E-state index contributed by atoms with van der Waals surface area (Å²) in [4.78, 5) is 14.1. The van der Waals surface area contributed by atoms with Crippen molar-refractivity contribution in [1.82, 2.24) is 19.9 Å². The zero-order valence-corrected chi connectivity index (χ0v) is 11.2. The Kier molecular flexibility index (Phi) is 3.30. The maximum atomic E-state index is 12.2. The molecular formula is C9H15BrN4O. The summed E-state index contributed by atoms with van der Waals surface area (Å²) in [5, 5.41) is 7.59. The van der Waals surface area contributed by atoms with Gasteiger partial charge in [0.05, 0.1) is 5.54 Å². The molecule has 1 rings (SSSR count). The zero-order chi connectivity index (χ0) is 11.8. The van der Waals surface area contributed by atoms with Gasteiger partial charge in [0.25, 0.3) is 0 Å². The van der Waals surface area contributed by atoms with E-state index in [2.05, 4.69) is 26.2 Å². The predicted octanol–water partition coefficient (Wildman–Crippen LogP) is 1.10. The first-order chi connectivity index (χ1) is 6.78. The van der Waals surface area contributed by atoms with Crippen molar-refractivity contribution in [2.45, 2.75) is 19.4 Å². The average Bonchev–Trinajstić information content (AvgIpc) is 2.45. The number of likely N-dealkylation sites (N-methyl/N-ethyl adjacent to an activating group) is 1. The Bertz CT molecular complexity index is 364. The Morgan fingerprint density at radius 3 is 2.33 bits per heavy atom. The molecule has 0 unspecified atom stereocenters. The molecule has 0 atom stereocenters. The van der Waals surface area contributed by atoms with E-state index in [1.807, 2.05) is 32.8 Å². The van der Waals surface area contributed by atoms with Crippen LogP contribution in [0.15, 0.2) is 4.60 Å². The third-order valence-electron chi connectivity index (χ3n) is 2.67. The highest BCUT2D eigenvalue weighted by molar-refractivity contribution is 9.10. The van der Waals surface area contributed by atoms with Crippen molar-refractivity contribution in [3.63, 3.8) is 0 Å². The molecule has 1 aromatic rings. The van der Waals surface area contributed by atoms with Crippen LogP contribution in [0.1, 0.15) is 24.3 Å². The lowest BCUT2D eigenvalue weighted by atomic mass is 9.95. The van der Waals surface area contributed by atoms with E-state index < -0.39 is 5.54 Å². The fourth-order valence-corrected chi connectivity index (χ4v) is 1.57. The Morgan fingerprint density at radius 1 is 1.47 bits per heavy atom. The molecule has 15 heavy (non-hydrogen) atoms. The van der Waals surface area contributed by atoms with Gasteiger partial charge in [-0.3, -0.25) is 9.69 Å². The number of aryl methyl sites for hydroxylation is 1. The van der Waals surface area contributed by atoms with Crippen molar-refractivity contribution in [2.24, 2.45) is 7.05 Å². The highest BCUT2D eigenvalue weighted by atomic mass is 79.9. The Hall–Kier alpha value is -0.750. The van der Waals surface area contributed by atoms with Crippen LogP contribution in [0, 0.1) is 0 Å². The number of carbonyl (C=O) groups excluding carboxylic acids is 1. The number of Topliss-reactive ketones (excluding diaryl/α,β-unsaturated/α-hetero) is 1. The first-order valence-corrected chi connectivity index (χ1v) is 5.35. The molecule has 0 aliphatic heterocycles. The van der Waals surface area contributed by atoms with Crippen molar-refractivity contribution in [3.8, 4) is 0 Å². The molecule has 0 saturated heterocycles. The van der Waals surface area contributed by atoms with Crippen molar-refractivity contribution >= 4 is 21.7 Å². The first-order valence-electron chi connectivity index (χ1n) is 4.56. The lowest BCUT2D eigenvalue weighted by Gasteiger charge is -2.30. The fourth-order valence-electron chi connectivity index (χ4n) is 1.07. The molecule has 0 spiro atoms. The van der Waals surface area contributed by atoms with E-state index in [1.54, 1.807) is 7.05 Å². The van der Waals surface area contributed by atoms with Crippen molar-refractivity contribution in [1.29, 1.82) is 0 Å². The standard InChI is InChI=1S/C9H15BrN4O/c1-9(2,13(3)4)7(15)6-8(10)11-12-14(6)5/h1-5H3. The van der Waals surface area contributed by atoms with Crippen LogP contribution in [-0.4, -0.2) is 45.3 Å². The van der Waals surface area contributed by atoms with Gasteiger partial charge in [-0.2, -0.15) is 0 Å². The molecule has 0 amide bonds. The normalized spacial score (nSPS) is 12.2. The largest absolute Gasteiger partial charge is 0.297 e. The second-order valence-electron chi connectivity index (χ2n) is 4.14. The maximum absolute atomic E-state index is 12.2. The van der Waals surface area contributed by atoms with Gasteiger partial charge in [-0.15, -0.1) is 5.10 Å². The van der Waals surface area contributed by atoms with E-state index >= 15 is 0 Å². The summed E-state index contributed by atoms with van der Waals surface area (Å²) in [5.74, 6) is -0.00752. The topological polar surface area (TPSA) is 51.0 Å². The van der Waals surface area contributed by atoms with Gasteiger partial charge in [0.15, 0.2) is 4.60 Å². The fraction of sp³-hybridized carbons (Fsp3) is 0.667. The molecule has 84 valence electrons. The van der Waals surface area contributed by atoms with E-state index in [0.29, 0.717) is 10.3 Å². The monoisotopic (exact) mass is 274 g/mol. The van der Waals surface area contributed by atoms with Crippen LogP contribution in [0.2, 0.25) is 0 Å². The van der Waals surface area contributed by atoms with Crippen LogP contribution in [0.5, 0.6) is 0 Å². The van der Waals surface area contributed by atoms with E-state index in [0.717, 1.165) is 0 Å². The van der Waals surface area contributed by atoms with E-state index in [1.165, 1.54) is 4.68 Å². The molecule has 1 aromatic heterocycles. The summed E-state index contributed by atoms with van der Waals surface area (Å²) in [6.45, 7) is 3.74. The number of halogens is 1. The van der Waals surface area contributed by atoms with Gasteiger partial charge in [-0.05, 0) is 43.9 Å². The van der Waals surface area contributed by atoms with E-state index in [4.69, 9.17) is 0 Å². The molecular weight excluding hydrogens is 260 g/mol. The number of carbonyl (C=O) groups is 1. The number of rotatable bonds is 3. The van der Waals surface area contributed by atoms with Crippen LogP contribution < -0.4 is 0 Å². The van der Waals surface area contributed by atoms with Crippen LogP contribution >= 0.6 is 15.9 Å². The molecule has 6 heteroatoms. The summed E-state index contributed by atoms with van der Waals surface area (Å²) >= 11 is 3.23. The lowest BCUT2D eigenvalue weighted by Crippen LogP contribution is -2.46. The molecule has 5 nitrogen and oxygen atoms in total. The van der Waals surface area contributed by atoms with E-state index in [9.17, 15) is 4.79 Å². The molecule has 0 N–H and O–H groups in total. The number of hydrogen-bond acceptors (Lipinski definition) is 4. The molecule has 0 radical (unpaired) electrons. The van der Waals surface area contributed by atoms with Gasteiger partial charge in [0.1, 0.15) is 5.69 Å². The quantitative estimate of drug-likeness (QED) is 0.775. The maximum Gasteiger partial charge on any atom is 0.203 e. The molecule has 0 aliphatic carbocycles.